The Balaban J connectivity index is 2.95. The molecule has 0 saturated heterocycles. The van der Waals surface area contributed by atoms with Gasteiger partial charge in [-0.15, -0.1) is 0 Å². The van der Waals surface area contributed by atoms with Crippen LogP contribution in [-0.4, -0.2) is 5.78 Å². The van der Waals surface area contributed by atoms with E-state index in [2.05, 4.69) is 26.7 Å². The predicted octanol–water partition coefficient (Wildman–Crippen LogP) is 2.88. The summed E-state index contributed by atoms with van der Waals surface area (Å²) in [5.41, 5.74) is 0.548. The molecule has 60 valence electrons. The minimum Gasteiger partial charge on any atom is -0.279 e. The average Bonchev–Trinajstić information content (AvgIpc) is 2.06. The molecule has 0 aliphatic heterocycles. The van der Waals surface area contributed by atoms with Crippen molar-refractivity contribution < 1.29 is 4.79 Å². The third-order valence-electron chi connectivity index (χ3n) is 1.27. The molecule has 0 unspecified atom stereocenters. The molecule has 0 aliphatic carbocycles. The van der Waals surface area contributed by atoms with E-state index >= 15 is 0 Å². The lowest BCUT2D eigenvalue weighted by atomic mass is 10.1. The van der Waals surface area contributed by atoms with Crippen LogP contribution in [0.5, 0.6) is 0 Å². The first-order valence-electron chi connectivity index (χ1n) is 3.15. The standard InChI is InChI=1S/C9H4BrClO/c10-6-5-9(12)7-1-3-8(11)4-2-7/h1-4H. The Bertz CT molecular complexity index is 345. The lowest BCUT2D eigenvalue weighted by Gasteiger charge is -1.92. The normalized spacial score (nSPS) is 8.50. The second-order valence-corrected chi connectivity index (χ2v) is 2.89. The first-order chi connectivity index (χ1) is 5.74. The topological polar surface area (TPSA) is 17.1 Å². The van der Waals surface area contributed by atoms with Gasteiger partial charge in [0.1, 0.15) is 0 Å². The molecule has 3 heteroatoms. The second-order valence-electron chi connectivity index (χ2n) is 2.06. The summed E-state index contributed by atoms with van der Waals surface area (Å²) in [7, 11) is 0. The number of benzene rings is 1. The first kappa shape index (κ1) is 9.31. The Kier molecular flexibility index (Phi) is 3.33. The summed E-state index contributed by atoms with van der Waals surface area (Å²) in [6.07, 6.45) is 0. The molecule has 0 amide bonds. The number of rotatable bonds is 1. The van der Waals surface area contributed by atoms with Crippen LogP contribution in [0.1, 0.15) is 10.4 Å². The summed E-state index contributed by atoms with van der Waals surface area (Å²) in [6, 6.07) is 6.60. The largest absolute Gasteiger partial charge is 0.279 e. The highest BCUT2D eigenvalue weighted by atomic mass is 79.9. The SMILES string of the molecule is O=C(C#CBr)c1ccc(Cl)cc1. The van der Waals surface area contributed by atoms with E-state index < -0.39 is 0 Å². The summed E-state index contributed by atoms with van der Waals surface area (Å²) < 4.78 is 0. The van der Waals surface area contributed by atoms with Crippen LogP contribution in [0.15, 0.2) is 24.3 Å². The minimum atomic E-state index is -0.219. The van der Waals surface area contributed by atoms with Crippen molar-refractivity contribution in [3.8, 4) is 10.8 Å². The number of carbonyl (C=O) groups is 1. The van der Waals surface area contributed by atoms with E-state index in [9.17, 15) is 4.79 Å². The molecule has 0 aromatic heterocycles. The van der Waals surface area contributed by atoms with Crippen LogP contribution in [0.25, 0.3) is 0 Å². The molecule has 0 heterocycles. The Morgan fingerprint density at radius 3 is 2.42 bits per heavy atom. The molecule has 0 fully saturated rings. The van der Waals surface area contributed by atoms with Gasteiger partial charge in [0, 0.05) is 26.5 Å². The Morgan fingerprint density at radius 1 is 1.33 bits per heavy atom. The average molecular weight is 243 g/mol. The summed E-state index contributed by atoms with van der Waals surface area (Å²) in [6.45, 7) is 0. The molecule has 0 aliphatic rings. The lowest BCUT2D eigenvalue weighted by molar-refractivity contribution is 0.105. The highest BCUT2D eigenvalue weighted by Gasteiger charge is 1.99. The van der Waals surface area contributed by atoms with Crippen LogP contribution >= 0.6 is 27.5 Å². The smallest absolute Gasteiger partial charge is 0.236 e. The van der Waals surface area contributed by atoms with Crippen LogP contribution in [0.2, 0.25) is 5.02 Å². The Morgan fingerprint density at radius 2 is 1.92 bits per heavy atom. The van der Waals surface area contributed by atoms with Crippen LogP contribution in [0.4, 0.5) is 0 Å². The van der Waals surface area contributed by atoms with Crippen molar-refractivity contribution in [2.45, 2.75) is 0 Å². The molecular weight excluding hydrogens is 239 g/mol. The predicted molar refractivity (Wildman–Crippen MR) is 52.5 cm³/mol. The molecule has 0 radical (unpaired) electrons. The minimum absolute atomic E-state index is 0.219. The third kappa shape index (κ3) is 2.37. The number of halogens is 2. The third-order valence-corrected chi connectivity index (χ3v) is 1.72. The van der Waals surface area contributed by atoms with Crippen molar-refractivity contribution >= 4 is 33.3 Å². The summed E-state index contributed by atoms with van der Waals surface area (Å²) in [4.78, 5) is 13.5. The fourth-order valence-electron chi connectivity index (χ4n) is 0.716. The van der Waals surface area contributed by atoms with E-state index in [-0.39, 0.29) is 5.78 Å². The van der Waals surface area contributed by atoms with Crippen molar-refractivity contribution in [2.24, 2.45) is 0 Å². The van der Waals surface area contributed by atoms with Gasteiger partial charge in [0.15, 0.2) is 0 Å². The van der Waals surface area contributed by atoms with Gasteiger partial charge in [-0.2, -0.15) is 0 Å². The van der Waals surface area contributed by atoms with Gasteiger partial charge in [-0.3, -0.25) is 4.79 Å². The van der Waals surface area contributed by atoms with Crippen LogP contribution < -0.4 is 0 Å². The quantitative estimate of drug-likeness (QED) is 0.547. The molecule has 0 spiro atoms. The van der Waals surface area contributed by atoms with Gasteiger partial charge in [0.2, 0.25) is 5.78 Å². The Labute approximate surface area is 83.9 Å². The van der Waals surface area contributed by atoms with Gasteiger partial charge < -0.3 is 0 Å². The molecule has 1 rings (SSSR count). The first-order valence-corrected chi connectivity index (χ1v) is 4.32. The zero-order valence-electron chi connectivity index (χ0n) is 5.97. The zero-order valence-corrected chi connectivity index (χ0v) is 8.32. The molecule has 12 heavy (non-hydrogen) atoms. The van der Waals surface area contributed by atoms with Crippen molar-refractivity contribution in [3.05, 3.63) is 34.9 Å². The summed E-state index contributed by atoms with van der Waals surface area (Å²) in [5.74, 6) is 2.15. The maximum atomic E-state index is 11.1. The molecule has 1 aromatic carbocycles. The van der Waals surface area contributed by atoms with Crippen molar-refractivity contribution in [3.63, 3.8) is 0 Å². The number of carbonyl (C=O) groups excluding carboxylic acids is 1. The molecule has 0 bridgehead atoms. The molecular formula is C9H4BrClO. The van der Waals surface area contributed by atoms with Gasteiger partial charge in [-0.05, 0) is 35.0 Å². The van der Waals surface area contributed by atoms with Crippen molar-refractivity contribution in [1.82, 2.24) is 0 Å². The van der Waals surface area contributed by atoms with E-state index in [0.717, 1.165) is 0 Å². The number of hydrogen-bond acceptors (Lipinski definition) is 1. The van der Waals surface area contributed by atoms with Gasteiger partial charge >= 0.3 is 0 Å². The fourth-order valence-corrected chi connectivity index (χ4v) is 1.02. The van der Waals surface area contributed by atoms with Crippen LogP contribution in [0, 0.1) is 10.8 Å². The molecule has 0 N–H and O–H groups in total. The molecule has 1 nitrogen and oxygen atoms in total. The highest BCUT2D eigenvalue weighted by Crippen LogP contribution is 2.09. The number of Topliss-reactive ketones (excluding diaryl/α,β-unsaturated/α-hetero) is 1. The highest BCUT2D eigenvalue weighted by molar-refractivity contribution is 9.12. The van der Waals surface area contributed by atoms with E-state index in [1.807, 2.05) is 0 Å². The molecule has 0 saturated carbocycles. The summed E-state index contributed by atoms with van der Waals surface area (Å²) in [5, 5.41) is 0.610. The maximum absolute atomic E-state index is 11.1. The van der Waals surface area contributed by atoms with Crippen molar-refractivity contribution in [1.29, 1.82) is 0 Å². The zero-order chi connectivity index (χ0) is 8.97. The van der Waals surface area contributed by atoms with E-state index in [1.54, 1.807) is 24.3 Å². The second kappa shape index (κ2) is 4.30. The van der Waals surface area contributed by atoms with E-state index in [1.165, 1.54) is 0 Å². The van der Waals surface area contributed by atoms with Crippen molar-refractivity contribution in [2.75, 3.05) is 0 Å². The lowest BCUT2D eigenvalue weighted by Crippen LogP contribution is -1.92. The summed E-state index contributed by atoms with van der Waals surface area (Å²) >= 11 is 8.49. The van der Waals surface area contributed by atoms with Crippen LogP contribution in [0.3, 0.4) is 0 Å². The van der Waals surface area contributed by atoms with Crippen LogP contribution in [-0.2, 0) is 0 Å². The number of ketones is 1. The Hall–Kier alpha value is -0.780. The van der Waals surface area contributed by atoms with Gasteiger partial charge in [0.05, 0.1) is 0 Å². The maximum Gasteiger partial charge on any atom is 0.236 e. The van der Waals surface area contributed by atoms with E-state index in [0.29, 0.717) is 10.6 Å². The van der Waals surface area contributed by atoms with Gasteiger partial charge in [0.25, 0.3) is 0 Å². The molecule has 1 aromatic rings. The monoisotopic (exact) mass is 242 g/mol. The van der Waals surface area contributed by atoms with Gasteiger partial charge in [-0.1, -0.05) is 11.6 Å². The number of hydrogen-bond donors (Lipinski definition) is 0. The molecule has 0 atom stereocenters. The van der Waals surface area contributed by atoms with E-state index in [4.69, 9.17) is 11.6 Å². The van der Waals surface area contributed by atoms with Gasteiger partial charge in [-0.25, -0.2) is 0 Å². The fraction of sp³-hybridized carbons (Fsp3) is 0.